The van der Waals surface area contributed by atoms with Crippen molar-refractivity contribution in [2.45, 2.75) is 193 Å². The number of allylic oxidation sites excluding steroid dienone is 15. The molecule has 0 spiro atoms. The minimum Gasteiger partial charge on any atom is -0.756 e. The molecule has 9 heteroatoms. The van der Waals surface area contributed by atoms with Crippen LogP contribution in [0.1, 0.15) is 181 Å². The number of hydrogen-bond acceptors (Lipinski definition) is 6. The Kier molecular flexibility index (Phi) is 41.8. The smallest absolute Gasteiger partial charge is 0.268 e. The molecule has 0 saturated carbocycles. The number of rotatable bonds is 43. The molecule has 356 valence electrons. The van der Waals surface area contributed by atoms with E-state index in [9.17, 15) is 19.4 Å². The fourth-order valence-corrected chi connectivity index (χ4v) is 7.13. The van der Waals surface area contributed by atoms with Gasteiger partial charge in [0.15, 0.2) is 0 Å². The van der Waals surface area contributed by atoms with Gasteiger partial charge < -0.3 is 28.8 Å². The van der Waals surface area contributed by atoms with Crippen LogP contribution in [0, 0.1) is 0 Å². The number of likely N-dealkylation sites (N-methyl/N-ethyl adjacent to an activating group) is 1. The summed E-state index contributed by atoms with van der Waals surface area (Å²) >= 11 is 0. The zero-order valence-electron chi connectivity index (χ0n) is 40.3. The van der Waals surface area contributed by atoms with E-state index in [0.29, 0.717) is 17.4 Å². The van der Waals surface area contributed by atoms with Gasteiger partial charge in [0, 0.05) is 6.42 Å². The lowest BCUT2D eigenvalue weighted by molar-refractivity contribution is -0.870. The maximum absolute atomic E-state index is 12.9. The maximum atomic E-state index is 12.9. The largest absolute Gasteiger partial charge is 0.756 e. The van der Waals surface area contributed by atoms with Gasteiger partial charge in [0.2, 0.25) is 5.91 Å². The van der Waals surface area contributed by atoms with E-state index in [1.807, 2.05) is 27.2 Å². The Morgan fingerprint density at radius 3 is 1.50 bits per heavy atom. The van der Waals surface area contributed by atoms with Gasteiger partial charge in [-0.3, -0.25) is 9.36 Å². The van der Waals surface area contributed by atoms with Crippen LogP contribution in [0.25, 0.3) is 0 Å². The van der Waals surface area contributed by atoms with E-state index in [0.717, 1.165) is 83.5 Å². The van der Waals surface area contributed by atoms with Crippen molar-refractivity contribution in [1.29, 1.82) is 0 Å². The number of aliphatic hydroxyl groups excluding tert-OH is 1. The summed E-state index contributed by atoms with van der Waals surface area (Å²) in [7, 11) is 1.22. The zero-order chi connectivity index (χ0) is 45.7. The number of nitrogens with one attached hydrogen (secondary N) is 1. The Morgan fingerprint density at radius 1 is 0.581 bits per heavy atom. The predicted octanol–water partition coefficient (Wildman–Crippen LogP) is 13.7. The number of carbonyl (C=O) groups is 1. The highest BCUT2D eigenvalue weighted by atomic mass is 31.2. The van der Waals surface area contributed by atoms with Gasteiger partial charge in [-0.25, -0.2) is 0 Å². The Labute approximate surface area is 381 Å². The van der Waals surface area contributed by atoms with Gasteiger partial charge in [0.1, 0.15) is 13.2 Å². The third-order valence-electron chi connectivity index (χ3n) is 10.3. The van der Waals surface area contributed by atoms with E-state index in [1.54, 1.807) is 6.08 Å². The van der Waals surface area contributed by atoms with Crippen molar-refractivity contribution in [2.24, 2.45) is 0 Å². The molecule has 1 amide bonds. The van der Waals surface area contributed by atoms with Gasteiger partial charge in [0.25, 0.3) is 7.82 Å². The third-order valence-corrected chi connectivity index (χ3v) is 11.2. The molecule has 0 aliphatic carbocycles. The highest BCUT2D eigenvalue weighted by Crippen LogP contribution is 2.38. The van der Waals surface area contributed by atoms with Gasteiger partial charge >= 0.3 is 0 Å². The molecular weight excluding hydrogens is 792 g/mol. The van der Waals surface area contributed by atoms with E-state index in [-0.39, 0.29) is 12.5 Å². The number of phosphoric ester groups is 1. The first-order chi connectivity index (χ1) is 30.0. The Balaban J connectivity index is 4.22. The number of aliphatic hydroxyl groups is 1. The molecule has 2 N–H and O–H groups in total. The molecule has 0 aromatic heterocycles. The highest BCUT2D eigenvalue weighted by Gasteiger charge is 2.23. The first kappa shape index (κ1) is 59.4. The van der Waals surface area contributed by atoms with Gasteiger partial charge in [-0.1, -0.05) is 188 Å². The van der Waals surface area contributed by atoms with Crippen LogP contribution in [0.5, 0.6) is 0 Å². The molecule has 62 heavy (non-hydrogen) atoms. The summed E-state index contributed by atoms with van der Waals surface area (Å²) < 4.78 is 23.2. The molecule has 0 fully saturated rings. The fraction of sp³-hybridized carbons (Fsp3) is 0.679. The monoisotopic (exact) mass is 885 g/mol. The molecule has 3 unspecified atom stereocenters. The summed E-state index contributed by atoms with van der Waals surface area (Å²) in [4.78, 5) is 25.3. The third kappa shape index (κ3) is 45.4. The average Bonchev–Trinajstić information content (AvgIpc) is 3.23. The van der Waals surface area contributed by atoms with Gasteiger partial charge in [-0.15, -0.1) is 0 Å². The standard InChI is InChI=1S/C53H93N2O6P/c1-6-8-10-12-14-16-18-19-20-21-22-23-24-25-26-27-28-29-30-31-32-33-34-35-37-39-41-43-45-47-53(57)54-51(50-61-62(58,59)60-49-48-55(3,4)5)52(56)46-44-42-40-38-36-17-15-13-11-9-7-2/h8,10,14,16,19-20,22-23,25-26,28-29,36,38,44,46,51-52,56H,6-7,9,11-13,15,17-18,21,24,27,30-35,37,39-43,45,47-50H2,1-5H3,(H-,54,57,58,59)/b10-8-,16-14-,20-19-,23-22-,26-25-,29-28-,38-36+,46-44+. The van der Waals surface area contributed by atoms with E-state index in [1.165, 1.54) is 77.0 Å². The number of hydrogen-bond donors (Lipinski definition) is 2. The van der Waals surface area contributed by atoms with Crippen LogP contribution in [0.2, 0.25) is 0 Å². The van der Waals surface area contributed by atoms with Crippen molar-refractivity contribution in [2.75, 3.05) is 40.9 Å². The molecule has 0 heterocycles. The normalized spacial score (nSPS) is 15.0. The van der Waals surface area contributed by atoms with Crippen LogP contribution in [0.3, 0.4) is 0 Å². The minimum absolute atomic E-state index is 0.0122. The molecule has 0 bridgehead atoms. The summed E-state index contributed by atoms with van der Waals surface area (Å²) in [5.74, 6) is -0.219. The molecule has 0 aromatic carbocycles. The van der Waals surface area contributed by atoms with E-state index < -0.39 is 26.6 Å². The van der Waals surface area contributed by atoms with E-state index in [2.05, 4.69) is 104 Å². The Bertz CT molecular complexity index is 1330. The number of nitrogens with zero attached hydrogens (tertiary/aromatic N) is 1. The molecule has 0 saturated heterocycles. The summed E-state index contributed by atoms with van der Waals surface area (Å²) in [6.45, 7) is 4.46. The zero-order valence-corrected chi connectivity index (χ0v) is 41.2. The average molecular weight is 885 g/mol. The predicted molar refractivity (Wildman–Crippen MR) is 265 cm³/mol. The van der Waals surface area contributed by atoms with Crippen molar-refractivity contribution in [3.05, 3.63) is 97.2 Å². The quantitative estimate of drug-likeness (QED) is 0.0273. The molecule has 0 aromatic rings. The second kappa shape index (κ2) is 43.7. The molecular formula is C53H93N2O6P. The number of phosphoric acid groups is 1. The van der Waals surface area contributed by atoms with Gasteiger partial charge in [0.05, 0.1) is 39.9 Å². The first-order valence-electron chi connectivity index (χ1n) is 24.6. The number of quaternary nitrogens is 1. The molecule has 0 radical (unpaired) electrons. The van der Waals surface area contributed by atoms with E-state index in [4.69, 9.17) is 9.05 Å². The highest BCUT2D eigenvalue weighted by molar-refractivity contribution is 7.45. The van der Waals surface area contributed by atoms with Crippen LogP contribution in [-0.4, -0.2) is 68.5 Å². The SMILES string of the molecule is CC/C=C\C/C=C\C/C=C\C/C=C\C/C=C\C/C=C\CCCCCCCCCCCCC(=O)NC(COP(=O)([O-])OCC[N+](C)(C)C)C(O)/C=C/CC/C=C/CCCCCCC. The fourth-order valence-electron chi connectivity index (χ4n) is 6.41. The lowest BCUT2D eigenvalue weighted by Crippen LogP contribution is -2.45. The van der Waals surface area contributed by atoms with Crippen LogP contribution in [0.15, 0.2) is 97.2 Å². The lowest BCUT2D eigenvalue weighted by atomic mass is 10.0. The first-order valence-corrected chi connectivity index (χ1v) is 26.1. The van der Waals surface area contributed by atoms with Crippen molar-refractivity contribution in [3.8, 4) is 0 Å². The second-order valence-corrected chi connectivity index (χ2v) is 18.8. The van der Waals surface area contributed by atoms with Gasteiger partial charge in [-0.05, 0) is 83.5 Å². The van der Waals surface area contributed by atoms with Crippen molar-refractivity contribution >= 4 is 13.7 Å². The molecule has 0 aliphatic rings. The summed E-state index contributed by atoms with van der Waals surface area (Å²) in [6.07, 6.45) is 61.9. The summed E-state index contributed by atoms with van der Waals surface area (Å²) in [6, 6.07) is -0.910. The number of unbranched alkanes of at least 4 members (excludes halogenated alkanes) is 16. The summed E-state index contributed by atoms with van der Waals surface area (Å²) in [5.41, 5.74) is 0. The maximum Gasteiger partial charge on any atom is 0.268 e. The molecule has 0 rings (SSSR count). The van der Waals surface area contributed by atoms with Crippen molar-refractivity contribution < 1.29 is 32.9 Å². The van der Waals surface area contributed by atoms with Crippen LogP contribution in [0.4, 0.5) is 0 Å². The van der Waals surface area contributed by atoms with Crippen LogP contribution in [-0.2, 0) is 18.4 Å². The minimum atomic E-state index is -4.60. The van der Waals surface area contributed by atoms with Crippen LogP contribution >= 0.6 is 7.82 Å². The Hall–Kier alpha value is -2.58. The second-order valence-electron chi connectivity index (χ2n) is 17.4. The molecule has 3 atom stereocenters. The summed E-state index contributed by atoms with van der Waals surface area (Å²) in [5, 5.41) is 13.7. The van der Waals surface area contributed by atoms with Crippen molar-refractivity contribution in [3.63, 3.8) is 0 Å². The topological polar surface area (TPSA) is 108 Å². The number of amides is 1. The van der Waals surface area contributed by atoms with Crippen molar-refractivity contribution in [1.82, 2.24) is 5.32 Å². The Morgan fingerprint density at radius 2 is 1.00 bits per heavy atom. The number of carbonyl (C=O) groups excluding carboxylic acids is 1. The van der Waals surface area contributed by atoms with E-state index >= 15 is 0 Å². The van der Waals surface area contributed by atoms with Gasteiger partial charge in [-0.2, -0.15) is 0 Å². The van der Waals surface area contributed by atoms with Crippen LogP contribution < -0.4 is 10.2 Å². The molecule has 0 aliphatic heterocycles. The lowest BCUT2D eigenvalue weighted by Gasteiger charge is -2.29. The molecule has 8 nitrogen and oxygen atoms in total.